The molecule has 1 aliphatic rings. The van der Waals surface area contributed by atoms with Crippen LogP contribution < -0.4 is 5.32 Å². The number of likely N-dealkylation sites (tertiary alicyclic amines) is 1. The van der Waals surface area contributed by atoms with Crippen molar-refractivity contribution in [1.29, 1.82) is 0 Å². The summed E-state index contributed by atoms with van der Waals surface area (Å²) in [5, 5.41) is 19.8. The molecule has 6 heteroatoms. The molecule has 0 aliphatic carbocycles. The number of aliphatic hydroxyl groups excluding tert-OH is 1. The molecule has 6 nitrogen and oxygen atoms in total. The van der Waals surface area contributed by atoms with Gasteiger partial charge in [-0.3, -0.25) is 0 Å². The number of hydrogen-bond donors (Lipinski definition) is 3. The van der Waals surface area contributed by atoms with Gasteiger partial charge in [-0.1, -0.05) is 0 Å². The molecule has 1 saturated heterocycles. The summed E-state index contributed by atoms with van der Waals surface area (Å²) < 4.78 is 0. The van der Waals surface area contributed by atoms with Crippen LogP contribution >= 0.6 is 0 Å². The Morgan fingerprint density at radius 2 is 2.12 bits per heavy atom. The molecule has 0 saturated carbocycles. The number of aliphatic hydroxyl groups is 1. The summed E-state index contributed by atoms with van der Waals surface area (Å²) in [6.07, 6.45) is 1.81. The average molecular weight is 230 g/mol. The van der Waals surface area contributed by atoms with Crippen molar-refractivity contribution < 1.29 is 19.8 Å². The van der Waals surface area contributed by atoms with Gasteiger partial charge in [0.05, 0.1) is 6.61 Å². The summed E-state index contributed by atoms with van der Waals surface area (Å²) in [6, 6.07) is -1.66. The molecule has 0 aromatic rings. The SMILES string of the molecule is CC1(C)CCCN1C(=O)N[C@@H](CO)C(=O)O. The largest absolute Gasteiger partial charge is 0.480 e. The third-order valence-electron chi connectivity index (χ3n) is 2.92. The Kier molecular flexibility index (Phi) is 3.74. The number of carbonyl (C=O) groups excluding carboxylic acids is 1. The van der Waals surface area contributed by atoms with Gasteiger partial charge in [0, 0.05) is 12.1 Å². The number of nitrogens with zero attached hydrogens (tertiary/aromatic N) is 1. The molecule has 0 spiro atoms. The van der Waals surface area contributed by atoms with Gasteiger partial charge in [0.15, 0.2) is 6.04 Å². The van der Waals surface area contributed by atoms with Gasteiger partial charge >= 0.3 is 12.0 Å². The van der Waals surface area contributed by atoms with Crippen LogP contribution in [-0.4, -0.2) is 51.8 Å². The van der Waals surface area contributed by atoms with Gasteiger partial charge in [0.25, 0.3) is 0 Å². The maximum Gasteiger partial charge on any atom is 0.328 e. The number of carboxylic acids is 1. The molecule has 92 valence electrons. The maximum absolute atomic E-state index is 11.8. The standard InChI is InChI=1S/C10H18N2O4/c1-10(2)4-3-5-12(10)9(16)11-7(6-13)8(14)15/h7,13H,3-6H2,1-2H3,(H,11,16)(H,14,15)/t7-/m0/s1. The number of urea groups is 1. The van der Waals surface area contributed by atoms with Crippen LogP contribution in [0.4, 0.5) is 4.79 Å². The lowest BCUT2D eigenvalue weighted by Gasteiger charge is -2.32. The van der Waals surface area contributed by atoms with E-state index in [0.717, 1.165) is 12.8 Å². The Morgan fingerprint density at radius 3 is 2.50 bits per heavy atom. The van der Waals surface area contributed by atoms with E-state index in [9.17, 15) is 9.59 Å². The van der Waals surface area contributed by atoms with Gasteiger partial charge in [-0.2, -0.15) is 0 Å². The van der Waals surface area contributed by atoms with E-state index in [4.69, 9.17) is 10.2 Å². The highest BCUT2D eigenvalue weighted by Crippen LogP contribution is 2.27. The van der Waals surface area contributed by atoms with Crippen LogP contribution in [0.2, 0.25) is 0 Å². The van der Waals surface area contributed by atoms with Crippen LogP contribution in [0.25, 0.3) is 0 Å². The molecular formula is C10H18N2O4. The van der Waals surface area contributed by atoms with E-state index in [1.54, 1.807) is 4.90 Å². The summed E-state index contributed by atoms with van der Waals surface area (Å²) in [5.74, 6) is -1.23. The molecular weight excluding hydrogens is 212 g/mol. The molecule has 2 amide bonds. The van der Waals surface area contributed by atoms with Crippen molar-refractivity contribution in [3.05, 3.63) is 0 Å². The van der Waals surface area contributed by atoms with Crippen LogP contribution in [0.3, 0.4) is 0 Å². The highest BCUT2D eigenvalue weighted by molar-refractivity contribution is 5.83. The van der Waals surface area contributed by atoms with E-state index in [1.807, 2.05) is 13.8 Å². The van der Waals surface area contributed by atoms with E-state index in [2.05, 4.69) is 5.32 Å². The first kappa shape index (κ1) is 12.8. The molecule has 0 aromatic heterocycles. The molecule has 0 unspecified atom stereocenters. The molecule has 0 radical (unpaired) electrons. The van der Waals surface area contributed by atoms with Gasteiger partial charge < -0.3 is 20.4 Å². The quantitative estimate of drug-likeness (QED) is 0.637. The minimum absolute atomic E-state index is 0.247. The van der Waals surface area contributed by atoms with Crippen molar-refractivity contribution in [3.63, 3.8) is 0 Å². The minimum atomic E-state index is -1.23. The molecule has 1 aliphatic heterocycles. The molecule has 3 N–H and O–H groups in total. The van der Waals surface area contributed by atoms with E-state index in [1.165, 1.54) is 0 Å². The van der Waals surface area contributed by atoms with Crippen LogP contribution in [0.5, 0.6) is 0 Å². The fourth-order valence-electron chi connectivity index (χ4n) is 1.90. The van der Waals surface area contributed by atoms with Crippen molar-refractivity contribution in [2.45, 2.75) is 38.3 Å². The first-order valence-electron chi connectivity index (χ1n) is 5.30. The Hall–Kier alpha value is -1.30. The number of nitrogens with one attached hydrogen (secondary N) is 1. The molecule has 0 aromatic carbocycles. The molecule has 1 atom stereocenters. The fraction of sp³-hybridized carbons (Fsp3) is 0.800. The van der Waals surface area contributed by atoms with Crippen molar-refractivity contribution in [1.82, 2.24) is 10.2 Å². The summed E-state index contributed by atoms with van der Waals surface area (Å²) in [5.41, 5.74) is -0.247. The number of carbonyl (C=O) groups is 2. The first-order valence-corrected chi connectivity index (χ1v) is 5.30. The lowest BCUT2D eigenvalue weighted by atomic mass is 10.0. The number of aliphatic carboxylic acids is 1. The van der Waals surface area contributed by atoms with E-state index < -0.39 is 24.6 Å². The summed E-state index contributed by atoms with van der Waals surface area (Å²) in [7, 11) is 0. The second kappa shape index (κ2) is 4.69. The number of amides is 2. The van der Waals surface area contributed by atoms with Gasteiger partial charge in [-0.15, -0.1) is 0 Å². The first-order chi connectivity index (χ1) is 7.38. The summed E-state index contributed by atoms with van der Waals surface area (Å²) in [4.78, 5) is 24.0. The van der Waals surface area contributed by atoms with E-state index >= 15 is 0 Å². The zero-order valence-corrected chi connectivity index (χ0v) is 9.56. The molecule has 1 fully saturated rings. The molecule has 16 heavy (non-hydrogen) atoms. The number of hydrogen-bond acceptors (Lipinski definition) is 3. The summed E-state index contributed by atoms with van der Waals surface area (Å²) in [6.45, 7) is 3.90. The molecule has 0 bridgehead atoms. The van der Waals surface area contributed by atoms with Crippen molar-refractivity contribution >= 4 is 12.0 Å². The topological polar surface area (TPSA) is 89.9 Å². The Labute approximate surface area is 94.2 Å². The normalized spacial score (nSPS) is 20.6. The minimum Gasteiger partial charge on any atom is -0.480 e. The monoisotopic (exact) mass is 230 g/mol. The third-order valence-corrected chi connectivity index (χ3v) is 2.92. The number of rotatable bonds is 3. The lowest BCUT2D eigenvalue weighted by molar-refractivity contribution is -0.140. The van der Waals surface area contributed by atoms with Crippen LogP contribution in [0.15, 0.2) is 0 Å². The lowest BCUT2D eigenvalue weighted by Crippen LogP contribution is -2.53. The Balaban J connectivity index is 2.61. The highest BCUT2D eigenvalue weighted by atomic mass is 16.4. The fourth-order valence-corrected chi connectivity index (χ4v) is 1.90. The zero-order valence-electron chi connectivity index (χ0n) is 9.56. The predicted molar refractivity (Wildman–Crippen MR) is 57.1 cm³/mol. The van der Waals surface area contributed by atoms with E-state index in [-0.39, 0.29) is 5.54 Å². The van der Waals surface area contributed by atoms with Gasteiger partial charge in [0.2, 0.25) is 0 Å². The third kappa shape index (κ3) is 2.63. The highest BCUT2D eigenvalue weighted by Gasteiger charge is 2.36. The van der Waals surface area contributed by atoms with Crippen LogP contribution in [0, 0.1) is 0 Å². The van der Waals surface area contributed by atoms with E-state index in [0.29, 0.717) is 6.54 Å². The zero-order chi connectivity index (χ0) is 12.3. The van der Waals surface area contributed by atoms with Gasteiger partial charge in [-0.05, 0) is 26.7 Å². The van der Waals surface area contributed by atoms with Crippen molar-refractivity contribution in [2.75, 3.05) is 13.2 Å². The van der Waals surface area contributed by atoms with Gasteiger partial charge in [-0.25, -0.2) is 9.59 Å². The second-order valence-corrected chi connectivity index (χ2v) is 4.59. The van der Waals surface area contributed by atoms with Crippen LogP contribution in [0.1, 0.15) is 26.7 Å². The Bertz CT molecular complexity index is 291. The maximum atomic E-state index is 11.8. The van der Waals surface area contributed by atoms with Gasteiger partial charge in [0.1, 0.15) is 0 Å². The smallest absolute Gasteiger partial charge is 0.328 e. The van der Waals surface area contributed by atoms with Crippen molar-refractivity contribution in [2.24, 2.45) is 0 Å². The van der Waals surface area contributed by atoms with Crippen molar-refractivity contribution in [3.8, 4) is 0 Å². The van der Waals surface area contributed by atoms with Crippen LogP contribution in [-0.2, 0) is 4.79 Å². The predicted octanol–water partition coefficient (Wildman–Crippen LogP) is 0.0159. The Morgan fingerprint density at radius 1 is 1.50 bits per heavy atom. The molecule has 1 heterocycles. The second-order valence-electron chi connectivity index (χ2n) is 4.59. The average Bonchev–Trinajstić information content (AvgIpc) is 2.53. The molecule has 1 rings (SSSR count). The summed E-state index contributed by atoms with van der Waals surface area (Å²) >= 11 is 0. The number of carboxylic acid groups (broad SMARTS) is 1.